The molecule has 0 aliphatic carbocycles. The van der Waals surface area contributed by atoms with Crippen molar-refractivity contribution in [2.75, 3.05) is 25.3 Å². The fourth-order valence-electron chi connectivity index (χ4n) is 1.56. The standard InChI is InChI=1S/C12H13BrN4O2/c1-18-9-4-3-7(5-8(9)13)17-12-10(19-2)11(14)15-6-16-12/h3-6H,1-2H3,(H3,14,15,16,17). The Kier molecular flexibility index (Phi) is 4.06. The largest absolute Gasteiger partial charge is 0.496 e. The highest BCUT2D eigenvalue weighted by Gasteiger charge is 2.10. The van der Waals surface area contributed by atoms with Gasteiger partial charge in [0, 0.05) is 5.69 Å². The molecule has 0 aliphatic rings. The number of aromatic nitrogens is 2. The molecular weight excluding hydrogens is 312 g/mol. The maximum atomic E-state index is 5.72. The molecule has 0 fully saturated rings. The van der Waals surface area contributed by atoms with Crippen LogP contribution in [0, 0.1) is 0 Å². The summed E-state index contributed by atoms with van der Waals surface area (Å²) in [5.74, 6) is 1.95. The van der Waals surface area contributed by atoms with Crippen molar-refractivity contribution in [2.45, 2.75) is 0 Å². The van der Waals surface area contributed by atoms with Gasteiger partial charge in [-0.25, -0.2) is 9.97 Å². The fraction of sp³-hybridized carbons (Fsp3) is 0.167. The lowest BCUT2D eigenvalue weighted by Crippen LogP contribution is -2.02. The van der Waals surface area contributed by atoms with Crippen LogP contribution in [0.15, 0.2) is 29.0 Å². The van der Waals surface area contributed by atoms with Gasteiger partial charge in [0.2, 0.25) is 5.75 Å². The molecule has 0 saturated heterocycles. The molecule has 2 aromatic rings. The second-order valence-corrected chi connectivity index (χ2v) is 4.47. The Balaban J connectivity index is 2.31. The number of benzene rings is 1. The number of hydrogen-bond acceptors (Lipinski definition) is 6. The molecule has 0 spiro atoms. The Hall–Kier alpha value is -2.02. The summed E-state index contributed by atoms with van der Waals surface area (Å²) in [6.45, 7) is 0. The van der Waals surface area contributed by atoms with Crippen LogP contribution in [-0.4, -0.2) is 24.2 Å². The van der Waals surface area contributed by atoms with Gasteiger partial charge in [0.1, 0.15) is 12.1 Å². The summed E-state index contributed by atoms with van der Waals surface area (Å²) in [6.07, 6.45) is 1.37. The maximum absolute atomic E-state index is 5.72. The molecule has 100 valence electrons. The summed E-state index contributed by atoms with van der Waals surface area (Å²) in [4.78, 5) is 7.97. The van der Waals surface area contributed by atoms with Crippen LogP contribution in [0.4, 0.5) is 17.3 Å². The summed E-state index contributed by atoms with van der Waals surface area (Å²) in [5.41, 5.74) is 6.54. The number of nitrogens with two attached hydrogens (primary N) is 1. The molecule has 0 aliphatic heterocycles. The van der Waals surface area contributed by atoms with Gasteiger partial charge in [-0.1, -0.05) is 0 Å². The number of ether oxygens (including phenoxy) is 2. The zero-order valence-electron chi connectivity index (χ0n) is 10.5. The highest BCUT2D eigenvalue weighted by molar-refractivity contribution is 9.10. The van der Waals surface area contributed by atoms with Gasteiger partial charge in [0.15, 0.2) is 11.6 Å². The number of rotatable bonds is 4. The molecule has 0 saturated carbocycles. The lowest BCUT2D eigenvalue weighted by atomic mass is 10.3. The Labute approximate surface area is 119 Å². The molecule has 0 amide bonds. The van der Waals surface area contributed by atoms with Crippen molar-refractivity contribution >= 4 is 33.3 Å². The highest BCUT2D eigenvalue weighted by Crippen LogP contribution is 2.32. The lowest BCUT2D eigenvalue weighted by molar-refractivity contribution is 0.412. The van der Waals surface area contributed by atoms with Crippen molar-refractivity contribution < 1.29 is 9.47 Å². The van der Waals surface area contributed by atoms with Gasteiger partial charge in [0.25, 0.3) is 0 Å². The van der Waals surface area contributed by atoms with E-state index >= 15 is 0 Å². The summed E-state index contributed by atoms with van der Waals surface area (Å²) >= 11 is 3.42. The molecule has 19 heavy (non-hydrogen) atoms. The molecule has 0 radical (unpaired) electrons. The van der Waals surface area contributed by atoms with E-state index in [9.17, 15) is 0 Å². The number of methoxy groups -OCH3 is 2. The van der Waals surface area contributed by atoms with Gasteiger partial charge < -0.3 is 20.5 Å². The van der Waals surface area contributed by atoms with Gasteiger partial charge in [0.05, 0.1) is 18.7 Å². The number of nitrogens with one attached hydrogen (secondary N) is 1. The summed E-state index contributed by atoms with van der Waals surface area (Å²) in [6, 6.07) is 5.57. The molecule has 1 aromatic carbocycles. The molecule has 3 N–H and O–H groups in total. The summed E-state index contributed by atoms with van der Waals surface area (Å²) in [5, 5.41) is 3.11. The number of halogens is 1. The molecule has 6 nitrogen and oxygen atoms in total. The number of hydrogen-bond donors (Lipinski definition) is 2. The number of nitrogen functional groups attached to an aromatic ring is 1. The molecule has 1 aromatic heterocycles. The first-order valence-electron chi connectivity index (χ1n) is 5.40. The Morgan fingerprint density at radius 2 is 2.00 bits per heavy atom. The predicted molar refractivity (Wildman–Crippen MR) is 77.0 cm³/mol. The van der Waals surface area contributed by atoms with E-state index < -0.39 is 0 Å². The number of anilines is 3. The molecule has 7 heteroatoms. The van der Waals surface area contributed by atoms with Crippen LogP contribution in [0.25, 0.3) is 0 Å². The van der Waals surface area contributed by atoms with Crippen LogP contribution in [0.2, 0.25) is 0 Å². The van der Waals surface area contributed by atoms with Crippen molar-refractivity contribution in [3.63, 3.8) is 0 Å². The first-order valence-corrected chi connectivity index (χ1v) is 6.20. The zero-order chi connectivity index (χ0) is 13.8. The van der Waals surface area contributed by atoms with Crippen molar-refractivity contribution in [3.8, 4) is 11.5 Å². The van der Waals surface area contributed by atoms with Crippen molar-refractivity contribution in [1.82, 2.24) is 9.97 Å². The van der Waals surface area contributed by atoms with Crippen LogP contribution in [0.5, 0.6) is 11.5 Å². The van der Waals surface area contributed by atoms with Gasteiger partial charge in [-0.3, -0.25) is 0 Å². The van der Waals surface area contributed by atoms with E-state index in [1.165, 1.54) is 13.4 Å². The average Bonchev–Trinajstić information content (AvgIpc) is 2.39. The van der Waals surface area contributed by atoms with Crippen molar-refractivity contribution in [2.24, 2.45) is 0 Å². The van der Waals surface area contributed by atoms with Crippen molar-refractivity contribution in [1.29, 1.82) is 0 Å². The van der Waals surface area contributed by atoms with Gasteiger partial charge >= 0.3 is 0 Å². The van der Waals surface area contributed by atoms with Crippen LogP contribution in [0.3, 0.4) is 0 Å². The minimum Gasteiger partial charge on any atom is -0.496 e. The van der Waals surface area contributed by atoms with E-state index in [0.29, 0.717) is 11.6 Å². The quantitative estimate of drug-likeness (QED) is 0.899. The molecule has 0 bridgehead atoms. The molecule has 0 atom stereocenters. The smallest absolute Gasteiger partial charge is 0.204 e. The Morgan fingerprint density at radius 1 is 1.21 bits per heavy atom. The Morgan fingerprint density at radius 3 is 2.63 bits per heavy atom. The summed E-state index contributed by atoms with van der Waals surface area (Å²) < 4.78 is 11.2. The summed E-state index contributed by atoms with van der Waals surface area (Å²) in [7, 11) is 3.13. The molecule has 1 heterocycles. The lowest BCUT2D eigenvalue weighted by Gasteiger charge is -2.12. The van der Waals surface area contributed by atoms with Crippen LogP contribution < -0.4 is 20.5 Å². The number of nitrogens with zero attached hydrogens (tertiary/aromatic N) is 2. The molecular formula is C12H13BrN4O2. The van der Waals surface area contributed by atoms with Crippen LogP contribution in [0.1, 0.15) is 0 Å². The van der Waals surface area contributed by atoms with Gasteiger partial charge in [-0.15, -0.1) is 0 Å². The van der Waals surface area contributed by atoms with Crippen LogP contribution in [-0.2, 0) is 0 Å². The van der Waals surface area contributed by atoms with Gasteiger partial charge in [-0.2, -0.15) is 0 Å². The second kappa shape index (κ2) is 5.75. The second-order valence-electron chi connectivity index (χ2n) is 3.62. The highest BCUT2D eigenvalue weighted by atomic mass is 79.9. The van der Waals surface area contributed by atoms with Gasteiger partial charge in [-0.05, 0) is 34.1 Å². The first-order chi connectivity index (χ1) is 9.15. The van der Waals surface area contributed by atoms with Crippen LogP contribution >= 0.6 is 15.9 Å². The van der Waals surface area contributed by atoms with Crippen molar-refractivity contribution in [3.05, 3.63) is 29.0 Å². The maximum Gasteiger partial charge on any atom is 0.204 e. The van der Waals surface area contributed by atoms with E-state index in [1.807, 2.05) is 18.2 Å². The minimum atomic E-state index is 0.285. The topological polar surface area (TPSA) is 82.3 Å². The minimum absolute atomic E-state index is 0.285. The molecule has 0 unspecified atom stereocenters. The zero-order valence-corrected chi connectivity index (χ0v) is 12.1. The third-order valence-corrected chi connectivity index (χ3v) is 3.07. The fourth-order valence-corrected chi connectivity index (χ4v) is 2.10. The van der Waals surface area contributed by atoms with E-state index in [2.05, 4.69) is 31.2 Å². The van der Waals surface area contributed by atoms with E-state index in [1.54, 1.807) is 7.11 Å². The monoisotopic (exact) mass is 324 g/mol. The average molecular weight is 325 g/mol. The van der Waals surface area contributed by atoms with E-state index in [4.69, 9.17) is 15.2 Å². The molecule has 2 rings (SSSR count). The van der Waals surface area contributed by atoms with E-state index in [-0.39, 0.29) is 5.82 Å². The normalized spacial score (nSPS) is 10.1. The SMILES string of the molecule is COc1ccc(Nc2ncnc(N)c2OC)cc1Br. The Bertz CT molecular complexity index is 592. The first kappa shape index (κ1) is 13.4. The predicted octanol–water partition coefficient (Wildman–Crippen LogP) is 2.58. The third-order valence-electron chi connectivity index (χ3n) is 2.45. The van der Waals surface area contributed by atoms with E-state index in [0.717, 1.165) is 15.9 Å². The third kappa shape index (κ3) is 2.87.